The van der Waals surface area contributed by atoms with Gasteiger partial charge in [-0.1, -0.05) is 133 Å². The molecule has 0 saturated carbocycles. The maximum atomic E-state index is 9.10. The largest absolute Gasteiger partial charge is 0.309 e. The van der Waals surface area contributed by atoms with E-state index in [9.17, 15) is 0 Å². The molecule has 10 aromatic rings. The van der Waals surface area contributed by atoms with Gasteiger partial charge in [0.25, 0.3) is 0 Å². The fraction of sp³-hybridized carbons (Fsp3) is 0. The van der Waals surface area contributed by atoms with Crippen LogP contribution in [0.4, 0.5) is 0 Å². The number of hydrogen-bond donors (Lipinski definition) is 0. The summed E-state index contributed by atoms with van der Waals surface area (Å²) < 4.78 is 81.3. The van der Waals surface area contributed by atoms with Gasteiger partial charge in [-0.15, -0.1) is 11.3 Å². The van der Waals surface area contributed by atoms with Crippen molar-refractivity contribution in [3.63, 3.8) is 0 Å². The SMILES string of the molecule is [2H]c1c([2H])c([2H])c(-c2ccc3c4c([2H])c([2H])c([2H])c([2H])c4n(-c4cccc(-c5nc(-c6ccccc6)nc(-c6ccc7c(c6)sc6ccccc67)n5)c4)c3c2)c([2H])c1[2H]. The lowest BCUT2D eigenvalue weighted by molar-refractivity contribution is 1.07. The molecule has 0 aliphatic rings. The van der Waals surface area contributed by atoms with Crippen molar-refractivity contribution in [3.8, 4) is 51.0 Å². The van der Waals surface area contributed by atoms with Crippen molar-refractivity contribution >= 4 is 53.3 Å². The van der Waals surface area contributed by atoms with Crippen LogP contribution in [0.5, 0.6) is 0 Å². The van der Waals surface area contributed by atoms with Crippen LogP contribution in [0.25, 0.3) is 93.0 Å². The molecule has 0 N–H and O–H groups in total. The van der Waals surface area contributed by atoms with Crippen LogP contribution in [0.1, 0.15) is 12.3 Å². The molecule has 0 saturated heterocycles. The van der Waals surface area contributed by atoms with E-state index < -0.39 is 24.2 Å². The van der Waals surface area contributed by atoms with Crippen molar-refractivity contribution < 1.29 is 12.3 Å². The third kappa shape index (κ3) is 4.79. The molecule has 0 atom stereocenters. The number of aromatic nitrogens is 4. The summed E-state index contributed by atoms with van der Waals surface area (Å²) >= 11 is 1.71. The van der Waals surface area contributed by atoms with Crippen LogP contribution in [0, 0.1) is 0 Å². The molecule has 10 rings (SSSR count). The van der Waals surface area contributed by atoms with Crippen LogP contribution >= 0.6 is 11.3 Å². The highest BCUT2D eigenvalue weighted by atomic mass is 32.1. The highest BCUT2D eigenvalue weighted by molar-refractivity contribution is 7.25. The van der Waals surface area contributed by atoms with Gasteiger partial charge in [0.05, 0.1) is 23.4 Å². The van der Waals surface area contributed by atoms with Gasteiger partial charge >= 0.3 is 0 Å². The molecule has 0 aliphatic carbocycles. The number of benzene rings is 7. The predicted octanol–water partition coefficient (Wildman–Crippen LogP) is 12.0. The summed E-state index contributed by atoms with van der Waals surface area (Å²) in [5, 5.41) is 3.12. The number of thiophene rings is 1. The van der Waals surface area contributed by atoms with Crippen LogP contribution in [-0.2, 0) is 0 Å². The zero-order valence-corrected chi connectivity index (χ0v) is 27.0. The number of nitrogens with zero attached hydrogens (tertiary/aromatic N) is 4. The van der Waals surface area contributed by atoms with Crippen LogP contribution in [0.15, 0.2) is 170 Å². The van der Waals surface area contributed by atoms with Crippen molar-refractivity contribution in [2.75, 3.05) is 0 Å². The Morgan fingerprint density at radius 2 is 1.08 bits per heavy atom. The van der Waals surface area contributed by atoms with Crippen molar-refractivity contribution in [2.24, 2.45) is 0 Å². The molecule has 0 unspecified atom stereocenters. The average molecular weight is 666 g/mol. The van der Waals surface area contributed by atoms with E-state index >= 15 is 0 Å². The third-order valence-corrected chi connectivity index (χ3v) is 9.99. The first-order valence-electron chi connectivity index (χ1n) is 20.5. The van der Waals surface area contributed by atoms with E-state index in [0.29, 0.717) is 45.2 Å². The first kappa shape index (κ1) is 20.8. The third-order valence-electron chi connectivity index (χ3n) is 8.85. The standard InChI is InChI=1S/C45H28N4S/c1-3-12-29(13-4-1)31-22-24-36-35-18-7-9-20-39(35)49(40(36)27-31)34-17-11-16-32(26-34)44-46-43(30-14-5-2-6-15-30)47-45(48-44)33-23-25-38-37-19-8-10-21-41(37)50-42(38)28-33/h1-28H/i1D,3D,4D,7D,9D,12D,13D,18D,20D. The van der Waals surface area contributed by atoms with Crippen molar-refractivity contribution in [1.82, 2.24) is 19.5 Å². The minimum Gasteiger partial charge on any atom is -0.309 e. The summed E-state index contributed by atoms with van der Waals surface area (Å²) in [4.78, 5) is 14.9. The second-order valence-corrected chi connectivity index (χ2v) is 12.9. The van der Waals surface area contributed by atoms with E-state index in [4.69, 9.17) is 27.3 Å². The lowest BCUT2D eigenvalue weighted by Gasteiger charge is -2.12. The van der Waals surface area contributed by atoms with Gasteiger partial charge in [0.1, 0.15) is 0 Å². The van der Waals surface area contributed by atoms with Crippen molar-refractivity contribution in [3.05, 3.63) is 170 Å². The maximum absolute atomic E-state index is 9.10. The predicted molar refractivity (Wildman–Crippen MR) is 209 cm³/mol. The van der Waals surface area contributed by atoms with Gasteiger partial charge in [-0.3, -0.25) is 0 Å². The number of rotatable bonds is 5. The van der Waals surface area contributed by atoms with Gasteiger partial charge in [0, 0.05) is 53.3 Å². The normalized spacial score (nSPS) is 14.1. The fourth-order valence-electron chi connectivity index (χ4n) is 6.53. The Bertz CT molecular complexity index is 3370. The van der Waals surface area contributed by atoms with Gasteiger partial charge in [0.15, 0.2) is 17.5 Å². The second-order valence-electron chi connectivity index (χ2n) is 11.8. The summed E-state index contributed by atoms with van der Waals surface area (Å²) in [6.07, 6.45) is 0. The number of para-hydroxylation sites is 1. The van der Waals surface area contributed by atoms with E-state index in [1.54, 1.807) is 34.1 Å². The molecule has 0 fully saturated rings. The number of fused-ring (bicyclic) bond motifs is 6. The number of hydrogen-bond acceptors (Lipinski definition) is 4. The molecule has 234 valence electrons. The Morgan fingerprint density at radius 3 is 1.94 bits per heavy atom. The zero-order valence-electron chi connectivity index (χ0n) is 35.2. The molecule has 50 heavy (non-hydrogen) atoms. The maximum Gasteiger partial charge on any atom is 0.164 e. The minimum absolute atomic E-state index is 0.00278. The average Bonchev–Trinajstić information content (AvgIpc) is 3.82. The Kier molecular flexibility index (Phi) is 4.84. The lowest BCUT2D eigenvalue weighted by atomic mass is 10.0. The van der Waals surface area contributed by atoms with Crippen LogP contribution in [0.3, 0.4) is 0 Å². The molecule has 3 heterocycles. The van der Waals surface area contributed by atoms with E-state index in [-0.39, 0.29) is 46.7 Å². The molecule has 7 aromatic carbocycles. The van der Waals surface area contributed by atoms with E-state index in [2.05, 4.69) is 24.3 Å². The molecule has 3 aromatic heterocycles. The summed E-state index contributed by atoms with van der Waals surface area (Å²) in [6.45, 7) is 0. The minimum atomic E-state index is -0.503. The first-order chi connectivity index (χ1) is 28.5. The van der Waals surface area contributed by atoms with Gasteiger partial charge in [-0.25, -0.2) is 15.0 Å². The van der Waals surface area contributed by atoms with Crippen LogP contribution in [-0.4, -0.2) is 19.5 Å². The van der Waals surface area contributed by atoms with Crippen molar-refractivity contribution in [1.29, 1.82) is 0 Å². The van der Waals surface area contributed by atoms with Crippen molar-refractivity contribution in [2.45, 2.75) is 0 Å². The Balaban J connectivity index is 1.21. The first-order valence-corrected chi connectivity index (χ1v) is 16.8. The smallest absolute Gasteiger partial charge is 0.164 e. The second kappa shape index (κ2) is 11.6. The quantitative estimate of drug-likeness (QED) is 0.184. The highest BCUT2D eigenvalue weighted by Crippen LogP contribution is 2.38. The monoisotopic (exact) mass is 665 g/mol. The molecule has 0 radical (unpaired) electrons. The summed E-state index contributed by atoms with van der Waals surface area (Å²) in [5.41, 5.74) is 3.77. The zero-order chi connectivity index (χ0) is 40.9. The molecule has 0 spiro atoms. The molecular formula is C45H28N4S. The molecule has 5 heteroatoms. The van der Waals surface area contributed by atoms with Gasteiger partial charge < -0.3 is 4.57 Å². The van der Waals surface area contributed by atoms with E-state index in [1.807, 2.05) is 72.8 Å². The topological polar surface area (TPSA) is 43.6 Å². The van der Waals surface area contributed by atoms with Crippen LogP contribution < -0.4 is 0 Å². The summed E-state index contributed by atoms with van der Waals surface area (Å²) in [7, 11) is 0. The Hall–Kier alpha value is -6.43. The summed E-state index contributed by atoms with van der Waals surface area (Å²) in [5.74, 6) is 1.34. The molecular weight excluding hydrogens is 629 g/mol. The Morgan fingerprint density at radius 1 is 0.420 bits per heavy atom. The lowest BCUT2D eigenvalue weighted by Crippen LogP contribution is -2.01. The molecule has 4 nitrogen and oxygen atoms in total. The van der Waals surface area contributed by atoms with Gasteiger partial charge in [-0.05, 0) is 47.5 Å². The molecule has 0 bridgehead atoms. The highest BCUT2D eigenvalue weighted by Gasteiger charge is 2.17. The van der Waals surface area contributed by atoms with E-state index in [0.717, 1.165) is 21.2 Å². The molecule has 0 amide bonds. The fourth-order valence-corrected chi connectivity index (χ4v) is 7.68. The van der Waals surface area contributed by atoms with Gasteiger partial charge in [-0.2, -0.15) is 0 Å². The van der Waals surface area contributed by atoms with Gasteiger partial charge in [0.2, 0.25) is 0 Å². The van der Waals surface area contributed by atoms with E-state index in [1.165, 1.54) is 10.1 Å². The van der Waals surface area contributed by atoms with Crippen LogP contribution in [0.2, 0.25) is 0 Å². The summed E-state index contributed by atoms with van der Waals surface area (Å²) in [6, 6.07) is 33.0. The molecule has 0 aliphatic heterocycles. The Labute approximate surface area is 305 Å².